The fourth-order valence-electron chi connectivity index (χ4n) is 2.10. The SMILES string of the molecule is Cc1cc(CNC2CC2)ccc1Oc1ccccc1. The number of hydrogen-bond donors (Lipinski definition) is 1. The van der Waals surface area contributed by atoms with Crippen LogP contribution in [-0.4, -0.2) is 6.04 Å². The maximum atomic E-state index is 5.88. The zero-order chi connectivity index (χ0) is 13.1. The minimum Gasteiger partial charge on any atom is -0.457 e. The molecule has 3 rings (SSSR count). The minimum absolute atomic E-state index is 0.751. The van der Waals surface area contributed by atoms with Crippen molar-refractivity contribution in [2.45, 2.75) is 32.4 Å². The number of ether oxygens (including phenoxy) is 1. The van der Waals surface area contributed by atoms with Crippen LogP contribution >= 0.6 is 0 Å². The van der Waals surface area contributed by atoms with Gasteiger partial charge >= 0.3 is 0 Å². The fraction of sp³-hybridized carbons (Fsp3) is 0.294. The highest BCUT2D eigenvalue weighted by molar-refractivity contribution is 5.39. The first-order valence-corrected chi connectivity index (χ1v) is 6.87. The second-order valence-corrected chi connectivity index (χ2v) is 5.17. The van der Waals surface area contributed by atoms with Gasteiger partial charge in [0.25, 0.3) is 0 Å². The molecule has 0 saturated heterocycles. The Morgan fingerprint density at radius 3 is 2.58 bits per heavy atom. The summed E-state index contributed by atoms with van der Waals surface area (Å²) < 4.78 is 5.88. The Morgan fingerprint density at radius 2 is 1.89 bits per heavy atom. The summed E-state index contributed by atoms with van der Waals surface area (Å²) in [7, 11) is 0. The maximum absolute atomic E-state index is 5.88. The summed E-state index contributed by atoms with van der Waals surface area (Å²) in [6, 6.07) is 17.1. The third-order valence-electron chi connectivity index (χ3n) is 3.38. The number of rotatable bonds is 5. The van der Waals surface area contributed by atoms with Gasteiger partial charge in [-0.25, -0.2) is 0 Å². The molecule has 0 aliphatic heterocycles. The van der Waals surface area contributed by atoms with E-state index in [0.717, 1.165) is 24.1 Å². The molecule has 0 heterocycles. The molecule has 0 spiro atoms. The van der Waals surface area contributed by atoms with Crippen LogP contribution < -0.4 is 10.1 Å². The molecule has 1 fully saturated rings. The highest BCUT2D eigenvalue weighted by Crippen LogP contribution is 2.26. The van der Waals surface area contributed by atoms with E-state index < -0.39 is 0 Å². The average Bonchev–Trinajstić information content (AvgIpc) is 3.25. The van der Waals surface area contributed by atoms with Gasteiger partial charge in [0, 0.05) is 12.6 Å². The van der Waals surface area contributed by atoms with Gasteiger partial charge in [-0.05, 0) is 49.1 Å². The van der Waals surface area contributed by atoms with Gasteiger partial charge in [0.15, 0.2) is 0 Å². The summed E-state index contributed by atoms with van der Waals surface area (Å²) in [5.41, 5.74) is 2.50. The van der Waals surface area contributed by atoms with Crippen molar-refractivity contribution in [3.05, 3.63) is 59.7 Å². The van der Waals surface area contributed by atoms with Gasteiger partial charge in [0.2, 0.25) is 0 Å². The van der Waals surface area contributed by atoms with Crippen molar-refractivity contribution in [3.63, 3.8) is 0 Å². The number of benzene rings is 2. The van der Waals surface area contributed by atoms with E-state index in [1.807, 2.05) is 30.3 Å². The molecule has 0 amide bonds. The average molecular weight is 253 g/mol. The van der Waals surface area contributed by atoms with Crippen LogP contribution in [0.25, 0.3) is 0 Å². The lowest BCUT2D eigenvalue weighted by Gasteiger charge is -2.10. The topological polar surface area (TPSA) is 21.3 Å². The molecule has 1 N–H and O–H groups in total. The van der Waals surface area contributed by atoms with Gasteiger partial charge in [-0.2, -0.15) is 0 Å². The van der Waals surface area contributed by atoms with Crippen LogP contribution in [0.3, 0.4) is 0 Å². The molecule has 0 unspecified atom stereocenters. The predicted octanol–water partition coefficient (Wildman–Crippen LogP) is 4.04. The predicted molar refractivity (Wildman–Crippen MR) is 77.6 cm³/mol. The lowest BCUT2D eigenvalue weighted by molar-refractivity contribution is 0.478. The molecule has 2 nitrogen and oxygen atoms in total. The zero-order valence-electron chi connectivity index (χ0n) is 11.2. The monoisotopic (exact) mass is 253 g/mol. The van der Waals surface area contributed by atoms with Crippen molar-refractivity contribution >= 4 is 0 Å². The van der Waals surface area contributed by atoms with Crippen LogP contribution in [0.4, 0.5) is 0 Å². The fourth-order valence-corrected chi connectivity index (χ4v) is 2.10. The van der Waals surface area contributed by atoms with Gasteiger partial charge in [0.1, 0.15) is 11.5 Å². The molecule has 19 heavy (non-hydrogen) atoms. The van der Waals surface area contributed by atoms with E-state index >= 15 is 0 Å². The molecule has 0 bridgehead atoms. The van der Waals surface area contributed by atoms with Gasteiger partial charge in [-0.3, -0.25) is 0 Å². The number of para-hydroxylation sites is 1. The van der Waals surface area contributed by atoms with Gasteiger partial charge in [-0.15, -0.1) is 0 Å². The van der Waals surface area contributed by atoms with Crippen LogP contribution in [0.1, 0.15) is 24.0 Å². The van der Waals surface area contributed by atoms with Crippen LogP contribution in [0, 0.1) is 6.92 Å². The second-order valence-electron chi connectivity index (χ2n) is 5.17. The Balaban J connectivity index is 1.68. The lowest BCUT2D eigenvalue weighted by atomic mass is 10.1. The van der Waals surface area contributed by atoms with Crippen molar-refractivity contribution in [2.24, 2.45) is 0 Å². The molecule has 0 atom stereocenters. The van der Waals surface area contributed by atoms with Gasteiger partial charge in [-0.1, -0.05) is 30.3 Å². The summed E-state index contributed by atoms with van der Waals surface area (Å²) in [5, 5.41) is 3.53. The van der Waals surface area contributed by atoms with Gasteiger partial charge in [0.05, 0.1) is 0 Å². The van der Waals surface area contributed by atoms with E-state index in [0.29, 0.717) is 0 Å². The van der Waals surface area contributed by atoms with Crippen molar-refractivity contribution in [2.75, 3.05) is 0 Å². The van der Waals surface area contributed by atoms with E-state index in [2.05, 4.69) is 30.4 Å². The van der Waals surface area contributed by atoms with Crippen LogP contribution in [0.15, 0.2) is 48.5 Å². The molecule has 2 heteroatoms. The van der Waals surface area contributed by atoms with Crippen LogP contribution in [-0.2, 0) is 6.54 Å². The van der Waals surface area contributed by atoms with E-state index in [-0.39, 0.29) is 0 Å². The minimum atomic E-state index is 0.751. The first kappa shape index (κ1) is 12.2. The smallest absolute Gasteiger partial charge is 0.130 e. The second kappa shape index (κ2) is 5.45. The Morgan fingerprint density at radius 1 is 1.11 bits per heavy atom. The summed E-state index contributed by atoms with van der Waals surface area (Å²) in [6.07, 6.45) is 2.66. The van der Waals surface area contributed by atoms with E-state index in [4.69, 9.17) is 4.74 Å². The first-order chi connectivity index (χ1) is 9.31. The quantitative estimate of drug-likeness (QED) is 0.868. The first-order valence-electron chi connectivity index (χ1n) is 6.87. The summed E-state index contributed by atoms with van der Waals surface area (Å²) >= 11 is 0. The maximum Gasteiger partial charge on any atom is 0.130 e. The molecule has 98 valence electrons. The largest absolute Gasteiger partial charge is 0.457 e. The summed E-state index contributed by atoms with van der Waals surface area (Å²) in [6.45, 7) is 3.05. The number of hydrogen-bond acceptors (Lipinski definition) is 2. The Hall–Kier alpha value is -1.80. The van der Waals surface area contributed by atoms with E-state index in [1.54, 1.807) is 0 Å². The lowest BCUT2D eigenvalue weighted by Crippen LogP contribution is -2.15. The summed E-state index contributed by atoms with van der Waals surface area (Å²) in [5.74, 6) is 1.82. The third kappa shape index (κ3) is 3.36. The van der Waals surface area contributed by atoms with Crippen molar-refractivity contribution in [3.8, 4) is 11.5 Å². The molecule has 0 aromatic heterocycles. The third-order valence-corrected chi connectivity index (χ3v) is 3.38. The number of nitrogens with one attached hydrogen (secondary N) is 1. The molecule has 2 aromatic rings. The Labute approximate surface area is 114 Å². The highest BCUT2D eigenvalue weighted by Gasteiger charge is 2.19. The number of aryl methyl sites for hydroxylation is 1. The van der Waals surface area contributed by atoms with Crippen LogP contribution in [0.2, 0.25) is 0 Å². The van der Waals surface area contributed by atoms with E-state index in [9.17, 15) is 0 Å². The molecule has 1 aliphatic rings. The van der Waals surface area contributed by atoms with Crippen molar-refractivity contribution in [1.29, 1.82) is 0 Å². The molecular formula is C17H19NO. The molecule has 0 radical (unpaired) electrons. The zero-order valence-corrected chi connectivity index (χ0v) is 11.2. The standard InChI is InChI=1S/C17H19NO/c1-13-11-14(12-18-15-8-9-15)7-10-17(13)19-16-5-3-2-4-6-16/h2-7,10-11,15,18H,8-9,12H2,1H3. The summed E-state index contributed by atoms with van der Waals surface area (Å²) in [4.78, 5) is 0. The molecular weight excluding hydrogens is 234 g/mol. The molecule has 1 aliphatic carbocycles. The molecule has 1 saturated carbocycles. The molecule has 2 aromatic carbocycles. The Bertz CT molecular complexity index is 546. The van der Waals surface area contributed by atoms with Crippen molar-refractivity contribution in [1.82, 2.24) is 5.32 Å². The van der Waals surface area contributed by atoms with Crippen molar-refractivity contribution < 1.29 is 4.74 Å². The van der Waals surface area contributed by atoms with E-state index in [1.165, 1.54) is 24.0 Å². The van der Waals surface area contributed by atoms with Gasteiger partial charge < -0.3 is 10.1 Å². The highest BCUT2D eigenvalue weighted by atomic mass is 16.5. The Kier molecular flexibility index (Phi) is 3.51. The normalized spacial score (nSPS) is 14.4. The van der Waals surface area contributed by atoms with Crippen LogP contribution in [0.5, 0.6) is 11.5 Å².